The maximum atomic E-state index is 6.63. The van der Waals surface area contributed by atoms with Crippen molar-refractivity contribution in [2.75, 3.05) is 25.2 Å². The van der Waals surface area contributed by atoms with E-state index in [1.807, 2.05) is 54.7 Å². The molecule has 9 heteroatoms. The molecule has 184 valence electrons. The highest BCUT2D eigenvalue weighted by Crippen LogP contribution is 2.44. The number of hydrogen-bond donors (Lipinski definition) is 1. The van der Waals surface area contributed by atoms with Crippen molar-refractivity contribution in [3.63, 3.8) is 0 Å². The molecule has 36 heavy (non-hydrogen) atoms. The number of halogens is 1. The van der Waals surface area contributed by atoms with Gasteiger partial charge in [-0.25, -0.2) is 0 Å². The third kappa shape index (κ3) is 4.67. The van der Waals surface area contributed by atoms with Crippen molar-refractivity contribution in [2.45, 2.75) is 19.0 Å². The Bertz CT molecular complexity index is 1350. The normalized spacial score (nSPS) is 17.3. The molecule has 0 aliphatic carbocycles. The van der Waals surface area contributed by atoms with E-state index in [1.54, 1.807) is 19.5 Å². The van der Waals surface area contributed by atoms with Crippen LogP contribution in [0.4, 0.5) is 5.69 Å². The predicted octanol–water partition coefficient (Wildman–Crippen LogP) is 5.43. The van der Waals surface area contributed by atoms with Crippen LogP contribution >= 0.6 is 23.8 Å². The van der Waals surface area contributed by atoms with E-state index in [9.17, 15) is 0 Å². The summed E-state index contributed by atoms with van der Waals surface area (Å²) in [6, 6.07) is 19.5. The fraction of sp³-hybridized carbons (Fsp3) is 0.222. The lowest BCUT2D eigenvalue weighted by atomic mass is 10.0. The number of benzene rings is 1. The minimum Gasteiger partial charge on any atom is -0.490 e. The number of hydrogen-bond acceptors (Lipinski definition) is 5. The van der Waals surface area contributed by atoms with Crippen molar-refractivity contribution in [3.8, 4) is 11.4 Å². The molecule has 4 heterocycles. The van der Waals surface area contributed by atoms with E-state index in [0.717, 1.165) is 28.5 Å². The molecule has 5 rings (SSSR count). The molecule has 0 spiro atoms. The molecule has 0 radical (unpaired) electrons. The van der Waals surface area contributed by atoms with Crippen LogP contribution in [0.25, 0.3) is 5.69 Å². The highest BCUT2D eigenvalue weighted by Gasteiger charge is 2.42. The van der Waals surface area contributed by atoms with E-state index in [2.05, 4.69) is 43.8 Å². The number of nitrogens with zero attached hydrogens (tertiary/aromatic N) is 4. The van der Waals surface area contributed by atoms with Crippen LogP contribution in [-0.2, 0) is 4.74 Å². The van der Waals surface area contributed by atoms with Gasteiger partial charge in [-0.15, -0.1) is 0 Å². The highest BCUT2D eigenvalue weighted by atomic mass is 35.5. The fourth-order valence-corrected chi connectivity index (χ4v) is 5.13. The summed E-state index contributed by atoms with van der Waals surface area (Å²) in [5, 5.41) is 4.60. The van der Waals surface area contributed by atoms with Gasteiger partial charge in [0.25, 0.3) is 0 Å². The molecule has 1 aromatic carbocycles. The lowest BCUT2D eigenvalue weighted by Gasteiger charge is -2.29. The molecule has 0 saturated carbocycles. The fourth-order valence-electron chi connectivity index (χ4n) is 4.55. The molecule has 0 bridgehead atoms. The summed E-state index contributed by atoms with van der Waals surface area (Å²) < 4.78 is 13.0. The van der Waals surface area contributed by atoms with E-state index in [1.165, 1.54) is 0 Å². The van der Waals surface area contributed by atoms with Crippen molar-refractivity contribution in [2.24, 2.45) is 0 Å². The Morgan fingerprint density at radius 1 is 1.03 bits per heavy atom. The third-order valence-corrected chi connectivity index (χ3v) is 6.76. The SMILES string of the molecule is COCCOc1ccc(N2C(=S)NC(c3ccccn3)C2c2ccc(C)n2-c2cccnc2)cc1Cl. The first-order valence-corrected chi connectivity index (χ1v) is 12.4. The summed E-state index contributed by atoms with van der Waals surface area (Å²) in [5.41, 5.74) is 4.88. The largest absolute Gasteiger partial charge is 0.490 e. The van der Waals surface area contributed by atoms with Gasteiger partial charge >= 0.3 is 0 Å². The van der Waals surface area contributed by atoms with Gasteiger partial charge in [-0.05, 0) is 73.7 Å². The summed E-state index contributed by atoms with van der Waals surface area (Å²) in [6.07, 6.45) is 5.43. The van der Waals surface area contributed by atoms with Gasteiger partial charge in [0.05, 0.1) is 35.2 Å². The van der Waals surface area contributed by atoms with Crippen LogP contribution in [0.1, 0.15) is 29.2 Å². The average molecular weight is 520 g/mol. The van der Waals surface area contributed by atoms with Gasteiger partial charge in [0.2, 0.25) is 0 Å². The minimum absolute atomic E-state index is 0.181. The van der Waals surface area contributed by atoms with E-state index < -0.39 is 0 Å². The summed E-state index contributed by atoms with van der Waals surface area (Å²) in [7, 11) is 1.64. The third-order valence-electron chi connectivity index (χ3n) is 6.15. The number of aryl methyl sites for hydroxylation is 1. The number of pyridine rings is 2. The summed E-state index contributed by atoms with van der Waals surface area (Å²) in [4.78, 5) is 11.1. The average Bonchev–Trinajstić information content (AvgIpc) is 3.45. The Labute approximate surface area is 220 Å². The number of aromatic nitrogens is 3. The van der Waals surface area contributed by atoms with Crippen molar-refractivity contribution >= 4 is 34.6 Å². The van der Waals surface area contributed by atoms with Gasteiger partial charge in [-0.1, -0.05) is 17.7 Å². The predicted molar refractivity (Wildman–Crippen MR) is 145 cm³/mol. The second-order valence-corrected chi connectivity index (χ2v) is 9.19. The van der Waals surface area contributed by atoms with E-state index >= 15 is 0 Å². The monoisotopic (exact) mass is 519 g/mol. The number of nitrogens with one attached hydrogen (secondary N) is 1. The number of anilines is 1. The minimum atomic E-state index is -0.197. The zero-order valence-corrected chi connectivity index (χ0v) is 21.5. The van der Waals surface area contributed by atoms with Crippen LogP contribution in [0, 0.1) is 6.92 Å². The molecular formula is C27H26ClN5O2S. The standard InChI is InChI=1S/C27H26ClN5O2S/c1-18-8-10-23(32(18)20-6-5-12-29-17-20)26-25(22-7-3-4-13-30-22)31-27(36)33(26)19-9-11-24(21(28)16-19)35-15-14-34-2/h3-13,16-17,25-26H,14-15H2,1-2H3,(H,31,36). The summed E-state index contributed by atoms with van der Waals surface area (Å²) in [6.45, 7) is 2.98. The topological polar surface area (TPSA) is 64.4 Å². The van der Waals surface area contributed by atoms with Crippen LogP contribution in [-0.4, -0.2) is 40.0 Å². The van der Waals surface area contributed by atoms with Gasteiger partial charge in [-0.3, -0.25) is 9.97 Å². The molecule has 2 atom stereocenters. The zero-order chi connectivity index (χ0) is 25.1. The second-order valence-electron chi connectivity index (χ2n) is 8.40. The Balaban J connectivity index is 1.61. The first-order chi connectivity index (χ1) is 17.6. The zero-order valence-electron chi connectivity index (χ0n) is 20.0. The second kappa shape index (κ2) is 10.7. The molecule has 7 nitrogen and oxygen atoms in total. The molecule has 1 N–H and O–H groups in total. The molecule has 2 unspecified atom stereocenters. The van der Waals surface area contributed by atoms with E-state index in [0.29, 0.717) is 29.1 Å². The number of rotatable bonds is 8. The number of methoxy groups -OCH3 is 1. The van der Waals surface area contributed by atoms with E-state index in [4.69, 9.17) is 33.3 Å². The van der Waals surface area contributed by atoms with Crippen LogP contribution in [0.3, 0.4) is 0 Å². The highest BCUT2D eigenvalue weighted by molar-refractivity contribution is 7.80. The Hall–Kier alpha value is -3.46. The molecule has 1 aliphatic rings. The van der Waals surface area contributed by atoms with Crippen LogP contribution in [0.5, 0.6) is 5.75 Å². The van der Waals surface area contributed by atoms with E-state index in [-0.39, 0.29) is 12.1 Å². The van der Waals surface area contributed by atoms with Gasteiger partial charge in [0, 0.05) is 36.6 Å². The van der Waals surface area contributed by atoms with Gasteiger partial charge < -0.3 is 24.3 Å². The van der Waals surface area contributed by atoms with Crippen LogP contribution < -0.4 is 15.0 Å². The van der Waals surface area contributed by atoms with Gasteiger partial charge in [-0.2, -0.15) is 0 Å². The molecule has 1 aliphatic heterocycles. The lowest BCUT2D eigenvalue weighted by Crippen LogP contribution is -2.30. The maximum Gasteiger partial charge on any atom is 0.174 e. The molecule has 1 fully saturated rings. The lowest BCUT2D eigenvalue weighted by molar-refractivity contribution is 0.146. The van der Waals surface area contributed by atoms with Gasteiger partial charge in [0.15, 0.2) is 5.11 Å². The molecule has 4 aromatic rings. The molecule has 1 saturated heterocycles. The summed E-state index contributed by atoms with van der Waals surface area (Å²) >= 11 is 12.5. The van der Waals surface area contributed by atoms with Gasteiger partial charge in [0.1, 0.15) is 18.4 Å². The van der Waals surface area contributed by atoms with Crippen molar-refractivity contribution in [3.05, 3.63) is 101 Å². The smallest absolute Gasteiger partial charge is 0.174 e. The number of ether oxygens (including phenoxy) is 2. The Morgan fingerprint density at radius 2 is 1.92 bits per heavy atom. The first kappa shape index (κ1) is 24.2. The maximum absolute atomic E-state index is 6.63. The summed E-state index contributed by atoms with van der Waals surface area (Å²) in [5.74, 6) is 0.600. The van der Waals surface area contributed by atoms with Crippen molar-refractivity contribution in [1.29, 1.82) is 0 Å². The molecule has 3 aromatic heterocycles. The number of thiocarbonyl (C=S) groups is 1. The Morgan fingerprint density at radius 3 is 2.64 bits per heavy atom. The van der Waals surface area contributed by atoms with Crippen LogP contribution in [0.2, 0.25) is 5.02 Å². The molecule has 0 amide bonds. The van der Waals surface area contributed by atoms with Crippen LogP contribution in [0.15, 0.2) is 79.3 Å². The van der Waals surface area contributed by atoms with Crippen molar-refractivity contribution < 1.29 is 9.47 Å². The van der Waals surface area contributed by atoms with Crippen molar-refractivity contribution in [1.82, 2.24) is 19.9 Å². The first-order valence-electron chi connectivity index (χ1n) is 11.6. The Kier molecular flexibility index (Phi) is 7.18. The molecular weight excluding hydrogens is 494 g/mol. The quantitative estimate of drug-likeness (QED) is 0.246.